The molecule has 1 aromatic rings. The standard InChI is InChI=1S/C15H24N2OS/c1-11-14(19-10-17-11)13(16)12-5-8-18-15(9-12)6-3-2-4-7-15/h10,12-13H,2-9,16H2,1H3. The molecule has 0 bridgehead atoms. The molecule has 2 heterocycles. The number of aryl methyl sites for hydroxylation is 1. The third kappa shape index (κ3) is 2.71. The Bertz CT molecular complexity index is 420. The number of nitrogens with zero attached hydrogens (tertiary/aromatic N) is 1. The van der Waals surface area contributed by atoms with E-state index < -0.39 is 0 Å². The zero-order valence-electron chi connectivity index (χ0n) is 11.7. The van der Waals surface area contributed by atoms with Crippen molar-refractivity contribution in [3.63, 3.8) is 0 Å². The highest BCUT2D eigenvalue weighted by atomic mass is 32.1. The predicted molar refractivity (Wildman–Crippen MR) is 78.3 cm³/mol. The Labute approximate surface area is 119 Å². The summed E-state index contributed by atoms with van der Waals surface area (Å²) in [5.74, 6) is 0.561. The summed E-state index contributed by atoms with van der Waals surface area (Å²) in [6, 6.07) is 0.148. The first-order chi connectivity index (χ1) is 9.20. The third-order valence-electron chi connectivity index (χ3n) is 4.89. The lowest BCUT2D eigenvalue weighted by molar-refractivity contribution is -0.120. The van der Waals surface area contributed by atoms with Crippen LogP contribution in [0.3, 0.4) is 0 Å². The predicted octanol–water partition coefficient (Wildman–Crippen LogP) is 3.58. The van der Waals surface area contributed by atoms with Gasteiger partial charge in [-0.2, -0.15) is 0 Å². The van der Waals surface area contributed by atoms with Crippen LogP contribution in [0.15, 0.2) is 5.51 Å². The Balaban J connectivity index is 1.72. The first-order valence-electron chi connectivity index (χ1n) is 7.50. The molecule has 4 heteroatoms. The summed E-state index contributed by atoms with van der Waals surface area (Å²) >= 11 is 1.71. The van der Waals surface area contributed by atoms with Crippen LogP contribution in [-0.2, 0) is 4.74 Å². The summed E-state index contributed by atoms with van der Waals surface area (Å²) in [7, 11) is 0. The molecule has 2 fully saturated rings. The highest BCUT2D eigenvalue weighted by Crippen LogP contribution is 2.44. The van der Waals surface area contributed by atoms with Gasteiger partial charge in [-0.15, -0.1) is 11.3 Å². The Kier molecular flexibility index (Phi) is 3.92. The molecule has 3 nitrogen and oxygen atoms in total. The van der Waals surface area contributed by atoms with Crippen LogP contribution < -0.4 is 5.73 Å². The van der Waals surface area contributed by atoms with E-state index in [-0.39, 0.29) is 11.6 Å². The fraction of sp³-hybridized carbons (Fsp3) is 0.800. The van der Waals surface area contributed by atoms with E-state index in [0.717, 1.165) is 25.1 Å². The van der Waals surface area contributed by atoms with Crippen molar-refractivity contribution in [2.24, 2.45) is 11.7 Å². The molecule has 106 valence electrons. The van der Waals surface area contributed by atoms with Gasteiger partial charge in [-0.05, 0) is 38.5 Å². The first kappa shape index (κ1) is 13.5. The van der Waals surface area contributed by atoms with Gasteiger partial charge in [0.05, 0.1) is 16.8 Å². The summed E-state index contributed by atoms with van der Waals surface area (Å²) in [5.41, 5.74) is 9.70. The number of thiazole rings is 1. The number of aromatic nitrogens is 1. The summed E-state index contributed by atoms with van der Waals surface area (Å²) in [6.45, 7) is 2.96. The zero-order chi connectivity index (χ0) is 13.3. The molecule has 1 aliphatic heterocycles. The summed E-state index contributed by atoms with van der Waals surface area (Å²) in [4.78, 5) is 5.62. The maximum Gasteiger partial charge on any atom is 0.0798 e. The van der Waals surface area contributed by atoms with Crippen molar-refractivity contribution in [2.75, 3.05) is 6.61 Å². The minimum Gasteiger partial charge on any atom is -0.375 e. The van der Waals surface area contributed by atoms with Crippen LogP contribution in [0.5, 0.6) is 0 Å². The van der Waals surface area contributed by atoms with Gasteiger partial charge in [0.25, 0.3) is 0 Å². The number of nitrogens with two attached hydrogens (primary N) is 1. The molecule has 1 saturated carbocycles. The van der Waals surface area contributed by atoms with E-state index in [1.807, 2.05) is 5.51 Å². The molecule has 19 heavy (non-hydrogen) atoms. The first-order valence-corrected chi connectivity index (χ1v) is 8.38. The van der Waals surface area contributed by atoms with E-state index in [1.54, 1.807) is 11.3 Å². The van der Waals surface area contributed by atoms with Gasteiger partial charge >= 0.3 is 0 Å². The summed E-state index contributed by atoms with van der Waals surface area (Å²) in [5, 5.41) is 0. The van der Waals surface area contributed by atoms with Crippen molar-refractivity contribution in [3.05, 3.63) is 16.1 Å². The largest absolute Gasteiger partial charge is 0.375 e. The van der Waals surface area contributed by atoms with Gasteiger partial charge in [0, 0.05) is 17.5 Å². The monoisotopic (exact) mass is 280 g/mol. The quantitative estimate of drug-likeness (QED) is 0.900. The zero-order valence-corrected chi connectivity index (χ0v) is 12.5. The minimum absolute atomic E-state index is 0.148. The van der Waals surface area contributed by atoms with Crippen LogP contribution in [0.4, 0.5) is 0 Å². The van der Waals surface area contributed by atoms with Crippen molar-refractivity contribution in [1.82, 2.24) is 4.98 Å². The van der Waals surface area contributed by atoms with Crippen LogP contribution in [-0.4, -0.2) is 17.2 Å². The Morgan fingerprint density at radius 2 is 2.21 bits per heavy atom. The highest BCUT2D eigenvalue weighted by molar-refractivity contribution is 7.09. The maximum absolute atomic E-state index is 6.52. The van der Waals surface area contributed by atoms with E-state index in [0.29, 0.717) is 5.92 Å². The van der Waals surface area contributed by atoms with Crippen LogP contribution in [0, 0.1) is 12.8 Å². The molecule has 2 aliphatic rings. The molecule has 1 spiro atoms. The lowest BCUT2D eigenvalue weighted by Gasteiger charge is -2.45. The van der Waals surface area contributed by atoms with Gasteiger partial charge in [0.15, 0.2) is 0 Å². The van der Waals surface area contributed by atoms with Crippen molar-refractivity contribution in [2.45, 2.75) is 63.5 Å². The van der Waals surface area contributed by atoms with Crippen LogP contribution in [0.1, 0.15) is 61.6 Å². The average Bonchev–Trinajstić information content (AvgIpc) is 2.85. The van der Waals surface area contributed by atoms with E-state index in [4.69, 9.17) is 10.5 Å². The van der Waals surface area contributed by atoms with Crippen molar-refractivity contribution in [3.8, 4) is 0 Å². The Hall–Kier alpha value is -0.450. The maximum atomic E-state index is 6.52. The average molecular weight is 280 g/mol. The fourth-order valence-corrected chi connectivity index (χ4v) is 4.66. The summed E-state index contributed by atoms with van der Waals surface area (Å²) < 4.78 is 6.17. The van der Waals surface area contributed by atoms with Crippen molar-refractivity contribution < 1.29 is 4.74 Å². The number of hydrogen-bond donors (Lipinski definition) is 1. The lowest BCUT2D eigenvalue weighted by Crippen LogP contribution is -2.44. The van der Waals surface area contributed by atoms with E-state index >= 15 is 0 Å². The van der Waals surface area contributed by atoms with Gasteiger partial charge < -0.3 is 10.5 Å². The van der Waals surface area contributed by atoms with Gasteiger partial charge in [-0.25, -0.2) is 4.98 Å². The van der Waals surface area contributed by atoms with Crippen LogP contribution in [0.2, 0.25) is 0 Å². The second-order valence-electron chi connectivity index (χ2n) is 6.17. The van der Waals surface area contributed by atoms with Crippen molar-refractivity contribution in [1.29, 1.82) is 0 Å². The molecular formula is C15H24N2OS. The Morgan fingerprint density at radius 1 is 1.42 bits per heavy atom. The topological polar surface area (TPSA) is 48.1 Å². The molecule has 2 unspecified atom stereocenters. The molecular weight excluding hydrogens is 256 g/mol. The Morgan fingerprint density at radius 3 is 2.89 bits per heavy atom. The van der Waals surface area contributed by atoms with Gasteiger partial charge in [0.1, 0.15) is 0 Å². The number of ether oxygens (including phenoxy) is 1. The highest BCUT2D eigenvalue weighted by Gasteiger charge is 2.40. The normalized spacial score (nSPS) is 28.4. The van der Waals surface area contributed by atoms with Crippen molar-refractivity contribution >= 4 is 11.3 Å². The molecule has 0 radical (unpaired) electrons. The molecule has 1 aromatic heterocycles. The van der Waals surface area contributed by atoms with Gasteiger partial charge in [0.2, 0.25) is 0 Å². The van der Waals surface area contributed by atoms with E-state index in [1.165, 1.54) is 37.0 Å². The smallest absolute Gasteiger partial charge is 0.0798 e. The second-order valence-corrected chi connectivity index (χ2v) is 7.06. The molecule has 1 saturated heterocycles. The molecule has 2 N–H and O–H groups in total. The SMILES string of the molecule is Cc1ncsc1C(N)C1CCOC2(CCCCC2)C1. The van der Waals surface area contributed by atoms with Crippen LogP contribution >= 0.6 is 11.3 Å². The van der Waals surface area contributed by atoms with Crippen LogP contribution in [0.25, 0.3) is 0 Å². The fourth-order valence-electron chi connectivity index (χ4n) is 3.76. The number of hydrogen-bond acceptors (Lipinski definition) is 4. The minimum atomic E-state index is 0.148. The molecule has 0 amide bonds. The third-order valence-corrected chi connectivity index (χ3v) is 5.92. The van der Waals surface area contributed by atoms with E-state index in [9.17, 15) is 0 Å². The molecule has 0 aromatic carbocycles. The molecule has 1 aliphatic carbocycles. The van der Waals surface area contributed by atoms with Gasteiger partial charge in [-0.1, -0.05) is 19.3 Å². The summed E-state index contributed by atoms with van der Waals surface area (Å²) in [6.07, 6.45) is 8.72. The van der Waals surface area contributed by atoms with E-state index in [2.05, 4.69) is 11.9 Å². The van der Waals surface area contributed by atoms with Gasteiger partial charge in [-0.3, -0.25) is 0 Å². The lowest BCUT2D eigenvalue weighted by atomic mass is 9.74. The second kappa shape index (κ2) is 5.51. The molecule has 3 rings (SSSR count). The number of rotatable bonds is 2. The molecule has 2 atom stereocenters.